The number of halogens is 1. The molecule has 0 aliphatic rings. The summed E-state index contributed by atoms with van der Waals surface area (Å²) in [6, 6.07) is 7.23. The summed E-state index contributed by atoms with van der Waals surface area (Å²) in [5.41, 5.74) is 1.74. The molecule has 1 aromatic heterocycles. The first kappa shape index (κ1) is 12.2. The minimum Gasteiger partial charge on any atom is -0.505 e. The zero-order chi connectivity index (χ0) is 13.3. The molecular formula is C13H13FN2O2. The van der Waals surface area contributed by atoms with Crippen LogP contribution in [0, 0.1) is 12.7 Å². The van der Waals surface area contributed by atoms with Crippen LogP contribution in [0.25, 0.3) is 0 Å². The minimum absolute atomic E-state index is 0.300. The molecular weight excluding hydrogens is 235 g/mol. The fourth-order valence-corrected chi connectivity index (χ4v) is 1.62. The van der Waals surface area contributed by atoms with Crippen molar-refractivity contribution in [3.63, 3.8) is 0 Å². The Morgan fingerprint density at radius 1 is 1.33 bits per heavy atom. The SMILES string of the molecule is Cc1ccc(C(=O)Nc2ccc(O)c(F)c2)n1C. The van der Waals surface area contributed by atoms with Gasteiger partial charge in [0, 0.05) is 24.5 Å². The number of carbonyl (C=O) groups excluding carboxylic acids is 1. The van der Waals surface area contributed by atoms with Crippen LogP contribution in [0.15, 0.2) is 30.3 Å². The topological polar surface area (TPSA) is 54.3 Å². The fraction of sp³-hybridized carbons (Fsp3) is 0.154. The third kappa shape index (κ3) is 2.20. The molecule has 5 heteroatoms. The molecule has 0 saturated carbocycles. The number of hydrogen-bond donors (Lipinski definition) is 2. The van der Waals surface area contributed by atoms with Crippen molar-refractivity contribution in [3.05, 3.63) is 47.5 Å². The average Bonchev–Trinajstić information content (AvgIpc) is 2.65. The molecule has 4 nitrogen and oxygen atoms in total. The average molecular weight is 248 g/mol. The molecule has 2 N–H and O–H groups in total. The van der Waals surface area contributed by atoms with Gasteiger partial charge in [-0.3, -0.25) is 4.79 Å². The van der Waals surface area contributed by atoms with Gasteiger partial charge in [-0.05, 0) is 31.2 Å². The molecule has 0 aliphatic carbocycles. The largest absolute Gasteiger partial charge is 0.505 e. The number of benzene rings is 1. The fourth-order valence-electron chi connectivity index (χ4n) is 1.62. The standard InChI is InChI=1S/C13H13FN2O2/c1-8-3-5-11(16(8)2)13(18)15-9-4-6-12(17)10(14)7-9/h3-7,17H,1-2H3,(H,15,18). The second-order valence-corrected chi connectivity index (χ2v) is 4.04. The minimum atomic E-state index is -0.768. The molecule has 0 aliphatic heterocycles. The highest BCUT2D eigenvalue weighted by atomic mass is 19.1. The van der Waals surface area contributed by atoms with Crippen molar-refractivity contribution in [3.8, 4) is 5.75 Å². The lowest BCUT2D eigenvalue weighted by molar-refractivity contribution is 0.101. The monoisotopic (exact) mass is 248 g/mol. The third-order valence-corrected chi connectivity index (χ3v) is 2.81. The quantitative estimate of drug-likeness (QED) is 0.802. The summed E-state index contributed by atoms with van der Waals surface area (Å²) in [6.45, 7) is 1.89. The van der Waals surface area contributed by atoms with Crippen LogP contribution in [-0.4, -0.2) is 15.6 Å². The molecule has 0 saturated heterocycles. The smallest absolute Gasteiger partial charge is 0.272 e. The number of hydrogen-bond acceptors (Lipinski definition) is 2. The van der Waals surface area contributed by atoms with Crippen molar-refractivity contribution in [1.29, 1.82) is 0 Å². The summed E-state index contributed by atoms with van der Waals surface area (Å²) >= 11 is 0. The predicted molar refractivity (Wildman–Crippen MR) is 66.2 cm³/mol. The maximum Gasteiger partial charge on any atom is 0.272 e. The Labute approximate surface area is 104 Å². The summed E-state index contributed by atoms with van der Waals surface area (Å²) in [5, 5.41) is 11.6. The molecule has 2 rings (SSSR count). The lowest BCUT2D eigenvalue weighted by atomic mass is 10.3. The van der Waals surface area contributed by atoms with Crippen LogP contribution < -0.4 is 5.32 Å². The molecule has 2 aromatic rings. The Kier molecular flexibility index (Phi) is 3.06. The van der Waals surface area contributed by atoms with E-state index >= 15 is 0 Å². The first-order valence-electron chi connectivity index (χ1n) is 5.41. The van der Waals surface area contributed by atoms with E-state index in [1.54, 1.807) is 17.7 Å². The van der Waals surface area contributed by atoms with Crippen LogP contribution in [0.5, 0.6) is 5.75 Å². The van der Waals surface area contributed by atoms with Crippen LogP contribution in [0.3, 0.4) is 0 Å². The summed E-state index contributed by atoms with van der Waals surface area (Å²) < 4.78 is 14.9. The van der Waals surface area contributed by atoms with Crippen LogP contribution in [0.4, 0.5) is 10.1 Å². The van der Waals surface area contributed by atoms with E-state index in [9.17, 15) is 9.18 Å². The van der Waals surface area contributed by atoms with Gasteiger partial charge in [0.2, 0.25) is 0 Å². The molecule has 1 heterocycles. The van der Waals surface area contributed by atoms with E-state index < -0.39 is 11.6 Å². The molecule has 0 atom stereocenters. The van der Waals surface area contributed by atoms with E-state index in [0.717, 1.165) is 11.8 Å². The molecule has 1 aromatic carbocycles. The number of aromatic nitrogens is 1. The summed E-state index contributed by atoms with van der Waals surface area (Å²) in [4.78, 5) is 11.9. The Morgan fingerprint density at radius 2 is 2.06 bits per heavy atom. The van der Waals surface area contributed by atoms with Crippen LogP contribution in [0.2, 0.25) is 0 Å². The molecule has 94 valence electrons. The molecule has 18 heavy (non-hydrogen) atoms. The van der Waals surface area contributed by atoms with Gasteiger partial charge in [0.05, 0.1) is 0 Å². The van der Waals surface area contributed by atoms with Gasteiger partial charge in [-0.1, -0.05) is 0 Å². The number of nitrogens with zero attached hydrogens (tertiary/aromatic N) is 1. The van der Waals surface area contributed by atoms with E-state index in [-0.39, 0.29) is 5.91 Å². The molecule has 0 bridgehead atoms. The van der Waals surface area contributed by atoms with E-state index in [1.165, 1.54) is 12.1 Å². The summed E-state index contributed by atoms with van der Waals surface area (Å²) in [7, 11) is 1.78. The predicted octanol–water partition coefficient (Wildman–Crippen LogP) is 2.43. The zero-order valence-electron chi connectivity index (χ0n) is 10.1. The van der Waals surface area contributed by atoms with Crippen LogP contribution >= 0.6 is 0 Å². The van der Waals surface area contributed by atoms with E-state index in [1.807, 2.05) is 13.0 Å². The maximum absolute atomic E-state index is 13.1. The van der Waals surface area contributed by atoms with Crippen molar-refractivity contribution in [2.45, 2.75) is 6.92 Å². The van der Waals surface area contributed by atoms with Gasteiger partial charge in [-0.25, -0.2) is 4.39 Å². The van der Waals surface area contributed by atoms with Gasteiger partial charge >= 0.3 is 0 Å². The van der Waals surface area contributed by atoms with Gasteiger partial charge in [0.15, 0.2) is 11.6 Å². The Balaban J connectivity index is 2.21. The highest BCUT2D eigenvalue weighted by Crippen LogP contribution is 2.20. The lowest BCUT2D eigenvalue weighted by Crippen LogP contribution is -2.16. The van der Waals surface area contributed by atoms with E-state index in [0.29, 0.717) is 11.4 Å². The number of anilines is 1. The first-order valence-corrected chi connectivity index (χ1v) is 5.41. The van der Waals surface area contributed by atoms with Crippen molar-refractivity contribution in [2.24, 2.45) is 7.05 Å². The number of phenolic OH excluding ortho intramolecular Hbond substituents is 1. The molecule has 0 radical (unpaired) electrons. The van der Waals surface area contributed by atoms with E-state index in [4.69, 9.17) is 5.11 Å². The summed E-state index contributed by atoms with van der Waals surface area (Å²) in [6.07, 6.45) is 0. The number of phenols is 1. The first-order chi connectivity index (χ1) is 8.49. The Bertz CT molecular complexity index is 605. The number of amides is 1. The molecule has 1 amide bonds. The number of aromatic hydroxyl groups is 1. The van der Waals surface area contributed by atoms with Crippen molar-refractivity contribution < 1.29 is 14.3 Å². The van der Waals surface area contributed by atoms with Gasteiger partial charge in [-0.15, -0.1) is 0 Å². The van der Waals surface area contributed by atoms with Crippen molar-refractivity contribution in [1.82, 2.24) is 4.57 Å². The van der Waals surface area contributed by atoms with E-state index in [2.05, 4.69) is 5.32 Å². The second-order valence-electron chi connectivity index (χ2n) is 4.04. The third-order valence-electron chi connectivity index (χ3n) is 2.81. The normalized spacial score (nSPS) is 10.4. The number of nitrogens with one attached hydrogen (secondary N) is 1. The van der Waals surface area contributed by atoms with Gasteiger partial charge in [0.25, 0.3) is 5.91 Å². The number of aryl methyl sites for hydroxylation is 1. The number of rotatable bonds is 2. The lowest BCUT2D eigenvalue weighted by Gasteiger charge is -2.07. The Hall–Kier alpha value is -2.30. The highest BCUT2D eigenvalue weighted by Gasteiger charge is 2.11. The number of carbonyl (C=O) groups is 1. The molecule has 0 unspecified atom stereocenters. The summed E-state index contributed by atoms with van der Waals surface area (Å²) in [5.74, 6) is -1.53. The van der Waals surface area contributed by atoms with Gasteiger partial charge < -0.3 is 15.0 Å². The van der Waals surface area contributed by atoms with Gasteiger partial charge in [-0.2, -0.15) is 0 Å². The molecule has 0 spiro atoms. The zero-order valence-corrected chi connectivity index (χ0v) is 10.1. The van der Waals surface area contributed by atoms with Gasteiger partial charge in [0.1, 0.15) is 5.69 Å². The highest BCUT2D eigenvalue weighted by molar-refractivity contribution is 6.03. The molecule has 0 fully saturated rings. The van der Waals surface area contributed by atoms with Crippen molar-refractivity contribution >= 4 is 11.6 Å². The van der Waals surface area contributed by atoms with Crippen LogP contribution in [-0.2, 0) is 7.05 Å². The van der Waals surface area contributed by atoms with Crippen LogP contribution in [0.1, 0.15) is 16.2 Å². The maximum atomic E-state index is 13.1. The second kappa shape index (κ2) is 4.52. The Morgan fingerprint density at radius 3 is 2.61 bits per heavy atom. The van der Waals surface area contributed by atoms with Crippen molar-refractivity contribution in [2.75, 3.05) is 5.32 Å².